The van der Waals surface area contributed by atoms with E-state index >= 15 is 0 Å². The number of phenols is 2. The second-order valence-corrected chi connectivity index (χ2v) is 8.54. The number of phenolic OH excluding ortho intramolecular Hbond substituents is 2. The van der Waals surface area contributed by atoms with Gasteiger partial charge in [0, 0.05) is 0 Å². The first-order valence-corrected chi connectivity index (χ1v) is 8.42. The summed E-state index contributed by atoms with van der Waals surface area (Å²) in [6.45, 7) is 16.7. The molecule has 0 aliphatic rings. The summed E-state index contributed by atoms with van der Waals surface area (Å²) in [6.07, 6.45) is 0. The summed E-state index contributed by atoms with van der Waals surface area (Å²) in [6, 6.07) is 11.4. The van der Waals surface area contributed by atoms with E-state index < -0.39 is 0 Å². The maximum absolute atomic E-state index is 9.57. The van der Waals surface area contributed by atoms with E-state index in [4.69, 9.17) is 0 Å². The van der Waals surface area contributed by atoms with Gasteiger partial charge in [-0.25, -0.2) is 0 Å². The molecule has 0 amide bonds. The van der Waals surface area contributed by atoms with Crippen molar-refractivity contribution in [3.63, 3.8) is 0 Å². The number of hydrogen-bond donors (Lipinski definition) is 2. The van der Waals surface area contributed by atoms with Crippen LogP contribution in [0.2, 0.25) is 0 Å². The minimum absolute atomic E-state index is 0. The van der Waals surface area contributed by atoms with Crippen molar-refractivity contribution in [2.45, 2.75) is 66.2 Å². The lowest BCUT2D eigenvalue weighted by atomic mass is 9.85. The van der Waals surface area contributed by atoms with Crippen molar-refractivity contribution < 1.29 is 10.2 Å². The maximum Gasteiger partial charge on any atom is 0.119 e. The van der Waals surface area contributed by atoms with Crippen LogP contribution in [0.5, 0.6) is 11.5 Å². The molecule has 0 aliphatic carbocycles. The Hall–Kier alpha value is -1.61. The molecule has 0 heterocycles. The van der Waals surface area contributed by atoms with Gasteiger partial charge < -0.3 is 10.2 Å². The summed E-state index contributed by atoms with van der Waals surface area (Å²) in [5.74, 6) is 0.793. The van der Waals surface area contributed by atoms with Crippen LogP contribution in [-0.2, 0) is 10.8 Å². The third-order valence-electron chi connectivity index (χ3n) is 3.92. The van der Waals surface area contributed by atoms with E-state index in [0.29, 0.717) is 11.5 Å². The van der Waals surface area contributed by atoms with Crippen molar-refractivity contribution in [2.75, 3.05) is 0 Å². The van der Waals surface area contributed by atoms with Crippen molar-refractivity contribution in [2.24, 2.45) is 0 Å². The maximum atomic E-state index is 9.57. The molecule has 2 aromatic rings. The molecule has 3 heteroatoms. The molecule has 25 heavy (non-hydrogen) atoms. The zero-order valence-corrected chi connectivity index (χ0v) is 17.9. The highest BCUT2D eigenvalue weighted by atomic mass is 32.1. The molecule has 2 aromatic carbocycles. The molecule has 0 saturated heterocycles. The van der Waals surface area contributed by atoms with Crippen molar-refractivity contribution in [1.29, 1.82) is 0 Å². The van der Waals surface area contributed by atoms with Crippen LogP contribution in [0.1, 0.15) is 63.8 Å². The molecule has 0 spiro atoms. The van der Waals surface area contributed by atoms with Crippen molar-refractivity contribution in [1.82, 2.24) is 0 Å². The number of rotatable bonds is 0. The molecule has 2 N–H and O–H groups in total. The van der Waals surface area contributed by atoms with Crippen LogP contribution in [-0.4, -0.2) is 10.2 Å². The molecule has 0 aliphatic heterocycles. The average Bonchev–Trinajstić information content (AvgIpc) is 2.42. The van der Waals surface area contributed by atoms with Gasteiger partial charge in [-0.15, -0.1) is 0 Å². The second kappa shape index (κ2) is 8.66. The van der Waals surface area contributed by atoms with Crippen molar-refractivity contribution in [3.05, 3.63) is 58.7 Å². The van der Waals surface area contributed by atoms with Gasteiger partial charge in [-0.1, -0.05) is 76.9 Å². The minimum atomic E-state index is 0. The van der Waals surface area contributed by atoms with E-state index in [-0.39, 0.29) is 24.3 Å². The van der Waals surface area contributed by atoms with Crippen molar-refractivity contribution in [3.8, 4) is 11.5 Å². The van der Waals surface area contributed by atoms with Crippen LogP contribution in [0.4, 0.5) is 0 Å². The standard InChI is InChI=1S/2C11H16O.H2S/c2*1-8-5-6-10(12)9(7-8)11(2,3)4;/h2*5-7,12H,1-4H3;1H2. The normalized spacial score (nSPS) is 11.2. The predicted molar refractivity (Wildman–Crippen MR) is 113 cm³/mol. The highest BCUT2D eigenvalue weighted by Gasteiger charge is 2.18. The van der Waals surface area contributed by atoms with E-state index in [1.54, 1.807) is 12.1 Å². The van der Waals surface area contributed by atoms with Gasteiger partial charge in [-0.05, 0) is 47.9 Å². The molecule has 0 aromatic heterocycles. The molecule has 0 bridgehead atoms. The topological polar surface area (TPSA) is 40.5 Å². The van der Waals surface area contributed by atoms with Crippen LogP contribution >= 0.6 is 13.5 Å². The van der Waals surface area contributed by atoms with Gasteiger partial charge in [0.1, 0.15) is 11.5 Å². The van der Waals surface area contributed by atoms with E-state index in [2.05, 4.69) is 41.5 Å². The van der Waals surface area contributed by atoms with Crippen LogP contribution in [0.15, 0.2) is 36.4 Å². The smallest absolute Gasteiger partial charge is 0.119 e. The van der Waals surface area contributed by atoms with Crippen LogP contribution in [0.3, 0.4) is 0 Å². The lowest BCUT2D eigenvalue weighted by molar-refractivity contribution is 0.445. The second-order valence-electron chi connectivity index (χ2n) is 8.54. The fraction of sp³-hybridized carbons (Fsp3) is 0.455. The lowest BCUT2D eigenvalue weighted by Crippen LogP contribution is -2.11. The summed E-state index contributed by atoms with van der Waals surface area (Å²) in [7, 11) is 0. The Balaban J connectivity index is 0.000000443. The zero-order chi connectivity index (χ0) is 18.7. The average molecular weight is 363 g/mol. The first kappa shape index (κ1) is 23.4. The van der Waals surface area contributed by atoms with Gasteiger partial charge >= 0.3 is 0 Å². The molecule has 0 saturated carbocycles. The van der Waals surface area contributed by atoms with E-state index in [0.717, 1.165) is 11.1 Å². The Bertz CT molecular complexity index is 631. The number of aryl methyl sites for hydroxylation is 2. The Kier molecular flexibility index (Phi) is 8.10. The Morgan fingerprint density at radius 2 is 0.880 bits per heavy atom. The predicted octanol–water partition coefficient (Wildman–Crippen LogP) is 6.11. The van der Waals surface area contributed by atoms with Crippen LogP contribution in [0.25, 0.3) is 0 Å². The molecule has 0 fully saturated rings. The monoisotopic (exact) mass is 362 g/mol. The van der Waals surface area contributed by atoms with Crippen LogP contribution < -0.4 is 0 Å². The Morgan fingerprint density at radius 3 is 1.08 bits per heavy atom. The van der Waals surface area contributed by atoms with Gasteiger partial charge in [-0.2, -0.15) is 13.5 Å². The number of aromatic hydroxyl groups is 2. The van der Waals surface area contributed by atoms with Gasteiger partial charge in [0.05, 0.1) is 0 Å². The van der Waals surface area contributed by atoms with Gasteiger partial charge in [0.15, 0.2) is 0 Å². The lowest BCUT2D eigenvalue weighted by Gasteiger charge is -2.20. The fourth-order valence-electron chi connectivity index (χ4n) is 2.50. The summed E-state index contributed by atoms with van der Waals surface area (Å²) in [4.78, 5) is 0. The van der Waals surface area contributed by atoms with Gasteiger partial charge in [-0.3, -0.25) is 0 Å². The SMILES string of the molecule is Cc1ccc(O)c(C(C)(C)C)c1.Cc1ccc(O)c(C(C)(C)C)c1.S. The third-order valence-corrected chi connectivity index (χ3v) is 3.92. The summed E-state index contributed by atoms with van der Waals surface area (Å²) >= 11 is 0. The molecule has 0 unspecified atom stereocenters. The Labute approximate surface area is 160 Å². The molecular formula is C22H34O2S. The Morgan fingerprint density at radius 1 is 0.600 bits per heavy atom. The highest BCUT2D eigenvalue weighted by molar-refractivity contribution is 7.59. The zero-order valence-electron chi connectivity index (χ0n) is 16.9. The van der Waals surface area contributed by atoms with Crippen molar-refractivity contribution >= 4 is 13.5 Å². The summed E-state index contributed by atoms with van der Waals surface area (Å²) in [5, 5.41) is 19.1. The third kappa shape index (κ3) is 7.03. The molecule has 0 atom stereocenters. The van der Waals surface area contributed by atoms with E-state index in [9.17, 15) is 10.2 Å². The molecule has 0 radical (unpaired) electrons. The van der Waals surface area contributed by atoms with Gasteiger partial charge in [0.25, 0.3) is 0 Å². The van der Waals surface area contributed by atoms with E-state index in [1.807, 2.05) is 38.1 Å². The quantitative estimate of drug-likeness (QED) is 0.593. The largest absolute Gasteiger partial charge is 0.508 e. The summed E-state index contributed by atoms with van der Waals surface area (Å²) in [5.41, 5.74) is 4.46. The summed E-state index contributed by atoms with van der Waals surface area (Å²) < 4.78 is 0. The van der Waals surface area contributed by atoms with E-state index in [1.165, 1.54) is 11.1 Å². The van der Waals surface area contributed by atoms with Gasteiger partial charge in [0.2, 0.25) is 0 Å². The fourth-order valence-corrected chi connectivity index (χ4v) is 2.50. The molecule has 2 rings (SSSR count). The highest BCUT2D eigenvalue weighted by Crippen LogP contribution is 2.31. The van der Waals surface area contributed by atoms with Crippen LogP contribution in [0, 0.1) is 13.8 Å². The minimum Gasteiger partial charge on any atom is -0.508 e. The first-order valence-electron chi connectivity index (χ1n) is 8.42. The number of hydrogen-bond acceptors (Lipinski definition) is 2. The molecular weight excluding hydrogens is 328 g/mol. The first-order chi connectivity index (χ1) is 10.8. The number of benzene rings is 2. The molecule has 140 valence electrons. The molecule has 2 nitrogen and oxygen atoms in total.